The Kier molecular flexibility index (Phi) is 8.89. The molecule has 0 aliphatic rings. The maximum atomic E-state index is 5.56. The maximum Gasteiger partial charge on any atom is 0.192 e. The van der Waals surface area contributed by atoms with Gasteiger partial charge in [0.1, 0.15) is 11.3 Å². The van der Waals surface area contributed by atoms with Crippen molar-refractivity contribution in [3.63, 3.8) is 0 Å². The summed E-state index contributed by atoms with van der Waals surface area (Å²) in [5.41, 5.74) is 6.36. The lowest BCUT2D eigenvalue weighted by Gasteiger charge is -2.08. The van der Waals surface area contributed by atoms with E-state index in [-0.39, 0.29) is 0 Å². The lowest BCUT2D eigenvalue weighted by molar-refractivity contribution is 0.410. The first-order chi connectivity index (χ1) is 14.5. The number of hydrogen-bond acceptors (Lipinski definition) is 3. The number of fused-ring (bicyclic) bond motifs is 1. The van der Waals surface area contributed by atoms with Gasteiger partial charge in [0.2, 0.25) is 0 Å². The Morgan fingerprint density at radius 3 is 1.77 bits per heavy atom. The molecule has 30 heavy (non-hydrogen) atoms. The number of nitrogens with zero attached hydrogens (tertiary/aromatic N) is 1. The highest BCUT2D eigenvalue weighted by molar-refractivity contribution is 5.83. The summed E-state index contributed by atoms with van der Waals surface area (Å²) in [5, 5.41) is 0. The van der Waals surface area contributed by atoms with Gasteiger partial charge in [-0.2, -0.15) is 0 Å². The monoisotopic (exact) mass is 401 g/mol. The molecule has 1 aromatic heterocycles. The topological polar surface area (TPSA) is 35.3 Å². The molecule has 3 nitrogen and oxygen atoms in total. The molecule has 0 radical (unpaired) electrons. The Morgan fingerprint density at radius 1 is 0.833 bits per heavy atom. The van der Waals surface area contributed by atoms with Crippen LogP contribution in [0.25, 0.3) is 17.2 Å². The predicted octanol–water partition coefficient (Wildman–Crippen LogP) is 7.48. The number of ether oxygens (including phenoxy) is 1. The third-order valence-electron chi connectivity index (χ3n) is 4.43. The molecule has 1 heterocycles. The number of allylic oxidation sites excluding steroid dienone is 1. The van der Waals surface area contributed by atoms with E-state index in [0.29, 0.717) is 5.89 Å². The third-order valence-corrected chi connectivity index (χ3v) is 4.43. The van der Waals surface area contributed by atoms with Gasteiger partial charge < -0.3 is 9.15 Å². The number of rotatable bonds is 2. The largest absolute Gasteiger partial charge is 0.496 e. The van der Waals surface area contributed by atoms with Crippen molar-refractivity contribution in [1.82, 2.24) is 4.98 Å². The molecule has 0 saturated carbocycles. The SMILES string of the molecule is C/C=C\c1cc2nc(C)oc2c(C)c1OC.Cc1ccccc1.Cc1ccccc1. The van der Waals surface area contributed by atoms with E-state index in [1.807, 2.05) is 75.4 Å². The molecule has 0 atom stereocenters. The molecule has 0 fully saturated rings. The summed E-state index contributed by atoms with van der Waals surface area (Å²) in [4.78, 5) is 4.34. The lowest BCUT2D eigenvalue weighted by atomic mass is 10.1. The van der Waals surface area contributed by atoms with E-state index in [2.05, 4.69) is 43.1 Å². The number of hydrogen-bond donors (Lipinski definition) is 0. The van der Waals surface area contributed by atoms with Gasteiger partial charge in [-0.05, 0) is 33.8 Å². The normalized spacial score (nSPS) is 10.2. The second-order valence-corrected chi connectivity index (χ2v) is 7.01. The molecule has 0 amide bonds. The standard InChI is InChI=1S/C13H15NO2.2C7H8/c1-5-6-10-7-11-13(16-9(3)14-11)8(2)12(10)15-4;2*1-7-5-3-2-4-6-7/h5-7H,1-4H3;2*2-6H,1H3/b6-5-;;. The van der Waals surface area contributed by atoms with Crippen molar-refractivity contribution in [3.05, 3.63) is 101 Å². The highest BCUT2D eigenvalue weighted by Crippen LogP contribution is 2.32. The van der Waals surface area contributed by atoms with E-state index in [4.69, 9.17) is 9.15 Å². The highest BCUT2D eigenvalue weighted by atomic mass is 16.5. The van der Waals surface area contributed by atoms with Crippen molar-refractivity contribution in [1.29, 1.82) is 0 Å². The van der Waals surface area contributed by atoms with Crippen molar-refractivity contribution in [3.8, 4) is 5.75 Å². The molecule has 156 valence electrons. The summed E-state index contributed by atoms with van der Waals surface area (Å²) >= 11 is 0. The number of benzene rings is 3. The first-order valence-corrected chi connectivity index (χ1v) is 10.1. The zero-order chi connectivity index (χ0) is 21.9. The number of aromatic nitrogens is 1. The van der Waals surface area contributed by atoms with E-state index in [1.54, 1.807) is 7.11 Å². The molecule has 0 saturated heterocycles. The summed E-state index contributed by atoms with van der Waals surface area (Å²) in [6, 6.07) is 22.5. The fourth-order valence-corrected chi connectivity index (χ4v) is 2.99. The van der Waals surface area contributed by atoms with Crippen molar-refractivity contribution in [2.24, 2.45) is 0 Å². The van der Waals surface area contributed by atoms with Crippen molar-refractivity contribution < 1.29 is 9.15 Å². The van der Waals surface area contributed by atoms with Gasteiger partial charge in [0, 0.05) is 18.1 Å². The second-order valence-electron chi connectivity index (χ2n) is 7.01. The fraction of sp³-hybridized carbons (Fsp3) is 0.222. The zero-order valence-corrected chi connectivity index (χ0v) is 18.8. The van der Waals surface area contributed by atoms with Gasteiger partial charge >= 0.3 is 0 Å². The third kappa shape index (κ3) is 6.63. The van der Waals surface area contributed by atoms with E-state index in [9.17, 15) is 0 Å². The summed E-state index contributed by atoms with van der Waals surface area (Å²) in [5.74, 6) is 1.53. The summed E-state index contributed by atoms with van der Waals surface area (Å²) < 4.78 is 11.0. The minimum atomic E-state index is 0.679. The summed E-state index contributed by atoms with van der Waals surface area (Å²) in [6.45, 7) is 9.98. The number of oxazole rings is 1. The van der Waals surface area contributed by atoms with Crippen LogP contribution in [-0.2, 0) is 0 Å². The molecule has 3 aromatic carbocycles. The van der Waals surface area contributed by atoms with Crippen LogP contribution in [0.4, 0.5) is 0 Å². The van der Waals surface area contributed by atoms with Crippen LogP contribution >= 0.6 is 0 Å². The molecular formula is C27H31NO2. The molecule has 3 heteroatoms. The van der Waals surface area contributed by atoms with Crippen LogP contribution in [0.3, 0.4) is 0 Å². The Morgan fingerprint density at radius 2 is 1.37 bits per heavy atom. The fourth-order valence-electron chi connectivity index (χ4n) is 2.99. The quantitative estimate of drug-likeness (QED) is 0.349. The van der Waals surface area contributed by atoms with Crippen LogP contribution in [0.5, 0.6) is 5.75 Å². The predicted molar refractivity (Wildman–Crippen MR) is 127 cm³/mol. The lowest BCUT2D eigenvalue weighted by Crippen LogP contribution is -1.91. The highest BCUT2D eigenvalue weighted by Gasteiger charge is 2.13. The molecule has 0 unspecified atom stereocenters. The van der Waals surface area contributed by atoms with Crippen molar-refractivity contribution in [2.45, 2.75) is 34.6 Å². The van der Waals surface area contributed by atoms with Gasteiger partial charge in [0.25, 0.3) is 0 Å². The zero-order valence-electron chi connectivity index (χ0n) is 18.8. The molecule has 0 bridgehead atoms. The van der Waals surface area contributed by atoms with Crippen LogP contribution in [0.1, 0.15) is 35.1 Å². The average Bonchev–Trinajstić information content (AvgIpc) is 3.11. The molecule has 4 rings (SSSR count). The Hall–Kier alpha value is -3.33. The van der Waals surface area contributed by atoms with Gasteiger partial charge in [-0.1, -0.05) is 83.9 Å². The van der Waals surface area contributed by atoms with Crippen LogP contribution in [0, 0.1) is 27.7 Å². The first-order valence-electron chi connectivity index (χ1n) is 10.1. The molecule has 0 aliphatic carbocycles. The van der Waals surface area contributed by atoms with Crippen LogP contribution < -0.4 is 4.74 Å². The van der Waals surface area contributed by atoms with Gasteiger partial charge in [0.05, 0.1) is 7.11 Å². The van der Waals surface area contributed by atoms with Gasteiger partial charge in [-0.15, -0.1) is 0 Å². The van der Waals surface area contributed by atoms with Crippen LogP contribution in [0.2, 0.25) is 0 Å². The van der Waals surface area contributed by atoms with E-state index < -0.39 is 0 Å². The molecule has 4 aromatic rings. The summed E-state index contributed by atoms with van der Waals surface area (Å²) in [6.07, 6.45) is 3.99. The summed E-state index contributed by atoms with van der Waals surface area (Å²) in [7, 11) is 1.67. The molecule has 0 aliphatic heterocycles. The second kappa shape index (κ2) is 11.6. The van der Waals surface area contributed by atoms with Crippen molar-refractivity contribution >= 4 is 17.2 Å². The minimum absolute atomic E-state index is 0.679. The number of aryl methyl sites for hydroxylation is 4. The van der Waals surface area contributed by atoms with E-state index in [1.165, 1.54) is 11.1 Å². The first kappa shape index (κ1) is 23.0. The number of methoxy groups -OCH3 is 1. The van der Waals surface area contributed by atoms with Gasteiger partial charge in [-0.3, -0.25) is 0 Å². The maximum absolute atomic E-state index is 5.56. The molecule has 0 spiro atoms. The molecule has 0 N–H and O–H groups in total. The Labute approximate surface area is 180 Å². The van der Waals surface area contributed by atoms with E-state index in [0.717, 1.165) is 28.0 Å². The van der Waals surface area contributed by atoms with Gasteiger partial charge in [0.15, 0.2) is 11.5 Å². The van der Waals surface area contributed by atoms with E-state index >= 15 is 0 Å². The van der Waals surface area contributed by atoms with Crippen LogP contribution in [-0.4, -0.2) is 12.1 Å². The van der Waals surface area contributed by atoms with Crippen molar-refractivity contribution in [2.75, 3.05) is 7.11 Å². The average molecular weight is 402 g/mol. The Bertz CT molecular complexity index is 1030. The minimum Gasteiger partial charge on any atom is -0.496 e. The van der Waals surface area contributed by atoms with Crippen LogP contribution in [0.15, 0.2) is 77.2 Å². The Balaban J connectivity index is 0.000000188. The van der Waals surface area contributed by atoms with Gasteiger partial charge in [-0.25, -0.2) is 4.98 Å². The molecular weight excluding hydrogens is 370 g/mol. The smallest absolute Gasteiger partial charge is 0.192 e.